The van der Waals surface area contributed by atoms with Crippen molar-refractivity contribution >= 4 is 17.4 Å². The SMILES string of the molecule is Cc1ccc(C(N)=NO)cc1NC(=O)c1occc1C. The van der Waals surface area contributed by atoms with Gasteiger partial charge in [0.2, 0.25) is 0 Å². The molecule has 0 aliphatic heterocycles. The van der Waals surface area contributed by atoms with E-state index in [-0.39, 0.29) is 17.5 Å². The number of hydrogen-bond acceptors (Lipinski definition) is 4. The van der Waals surface area contributed by atoms with Crippen LogP contribution < -0.4 is 11.1 Å². The Hall–Kier alpha value is -2.76. The molecule has 0 fully saturated rings. The Balaban J connectivity index is 2.29. The molecule has 0 radical (unpaired) electrons. The first-order valence-corrected chi connectivity index (χ1v) is 5.97. The maximum absolute atomic E-state index is 12.1. The van der Waals surface area contributed by atoms with Gasteiger partial charge in [-0.2, -0.15) is 0 Å². The Labute approximate surface area is 115 Å². The summed E-state index contributed by atoms with van der Waals surface area (Å²) >= 11 is 0. The number of amides is 1. The monoisotopic (exact) mass is 273 g/mol. The number of aryl methyl sites for hydroxylation is 2. The maximum atomic E-state index is 12.1. The quantitative estimate of drug-likeness (QED) is 0.345. The van der Waals surface area contributed by atoms with E-state index in [2.05, 4.69) is 10.5 Å². The second-order valence-electron chi connectivity index (χ2n) is 4.40. The molecular formula is C14H15N3O3. The van der Waals surface area contributed by atoms with Crippen molar-refractivity contribution in [3.8, 4) is 0 Å². The zero-order chi connectivity index (χ0) is 14.7. The molecule has 1 aromatic carbocycles. The van der Waals surface area contributed by atoms with Gasteiger partial charge in [0.1, 0.15) is 0 Å². The Bertz CT molecular complexity index is 674. The van der Waals surface area contributed by atoms with Crippen LogP contribution in [-0.4, -0.2) is 17.0 Å². The van der Waals surface area contributed by atoms with E-state index < -0.39 is 0 Å². The summed E-state index contributed by atoms with van der Waals surface area (Å²) < 4.78 is 5.14. The first-order valence-electron chi connectivity index (χ1n) is 5.97. The number of nitrogens with one attached hydrogen (secondary N) is 1. The summed E-state index contributed by atoms with van der Waals surface area (Å²) in [4.78, 5) is 12.1. The maximum Gasteiger partial charge on any atom is 0.291 e. The average molecular weight is 273 g/mol. The van der Waals surface area contributed by atoms with Crippen LogP contribution in [0.4, 0.5) is 5.69 Å². The predicted molar refractivity (Wildman–Crippen MR) is 75.1 cm³/mol. The van der Waals surface area contributed by atoms with E-state index >= 15 is 0 Å². The van der Waals surface area contributed by atoms with E-state index in [1.165, 1.54) is 6.26 Å². The van der Waals surface area contributed by atoms with E-state index in [9.17, 15) is 4.79 Å². The molecule has 1 amide bonds. The van der Waals surface area contributed by atoms with Crippen LogP contribution in [0.25, 0.3) is 0 Å². The van der Waals surface area contributed by atoms with Crippen LogP contribution in [0.2, 0.25) is 0 Å². The molecule has 0 spiro atoms. The summed E-state index contributed by atoms with van der Waals surface area (Å²) in [6, 6.07) is 6.84. The highest BCUT2D eigenvalue weighted by molar-refractivity contribution is 6.05. The van der Waals surface area contributed by atoms with Crippen molar-refractivity contribution in [1.82, 2.24) is 0 Å². The number of oxime groups is 1. The highest BCUT2D eigenvalue weighted by atomic mass is 16.4. The molecule has 0 bridgehead atoms. The number of amidine groups is 1. The number of nitrogens with zero attached hydrogens (tertiary/aromatic N) is 1. The first kappa shape index (κ1) is 13.7. The Kier molecular flexibility index (Phi) is 3.74. The van der Waals surface area contributed by atoms with Crippen LogP contribution in [0.1, 0.15) is 27.2 Å². The lowest BCUT2D eigenvalue weighted by atomic mass is 10.1. The lowest BCUT2D eigenvalue weighted by Gasteiger charge is -2.09. The van der Waals surface area contributed by atoms with Crippen molar-refractivity contribution in [1.29, 1.82) is 0 Å². The van der Waals surface area contributed by atoms with Gasteiger partial charge in [0.15, 0.2) is 11.6 Å². The molecule has 104 valence electrons. The van der Waals surface area contributed by atoms with Gasteiger partial charge >= 0.3 is 0 Å². The smallest absolute Gasteiger partial charge is 0.291 e. The molecule has 2 aromatic rings. The molecule has 2 rings (SSSR count). The van der Waals surface area contributed by atoms with Crippen molar-refractivity contribution < 1.29 is 14.4 Å². The summed E-state index contributed by atoms with van der Waals surface area (Å²) in [7, 11) is 0. The van der Waals surface area contributed by atoms with E-state index in [1.807, 2.05) is 6.92 Å². The molecule has 1 heterocycles. The standard InChI is InChI=1S/C14H15N3O3/c1-8-3-4-10(13(15)17-19)7-11(8)16-14(18)12-9(2)5-6-20-12/h3-7,19H,1-2H3,(H2,15,17)(H,16,18). The minimum absolute atomic E-state index is 0.0188. The van der Waals surface area contributed by atoms with E-state index in [0.717, 1.165) is 11.1 Å². The van der Waals surface area contributed by atoms with Crippen molar-refractivity contribution in [2.24, 2.45) is 10.9 Å². The molecule has 0 saturated heterocycles. The third-order valence-electron chi connectivity index (χ3n) is 2.96. The minimum Gasteiger partial charge on any atom is -0.459 e. The second kappa shape index (κ2) is 5.48. The van der Waals surface area contributed by atoms with Crippen LogP contribution in [-0.2, 0) is 0 Å². The molecule has 6 nitrogen and oxygen atoms in total. The van der Waals surface area contributed by atoms with Crippen molar-refractivity contribution in [3.63, 3.8) is 0 Å². The van der Waals surface area contributed by atoms with E-state index in [0.29, 0.717) is 11.3 Å². The highest BCUT2D eigenvalue weighted by Crippen LogP contribution is 2.19. The third-order valence-corrected chi connectivity index (χ3v) is 2.96. The predicted octanol–water partition coefficient (Wildman–Crippen LogP) is 2.24. The summed E-state index contributed by atoms with van der Waals surface area (Å²) in [6.07, 6.45) is 1.46. The zero-order valence-corrected chi connectivity index (χ0v) is 11.2. The summed E-state index contributed by atoms with van der Waals surface area (Å²) in [6.45, 7) is 3.64. The fourth-order valence-electron chi connectivity index (χ4n) is 1.76. The lowest BCUT2D eigenvalue weighted by molar-refractivity contribution is 0.0996. The summed E-state index contributed by atoms with van der Waals surface area (Å²) in [5.41, 5.74) is 8.24. The largest absolute Gasteiger partial charge is 0.459 e. The molecule has 0 atom stereocenters. The van der Waals surface area contributed by atoms with Gasteiger partial charge in [0, 0.05) is 16.8 Å². The highest BCUT2D eigenvalue weighted by Gasteiger charge is 2.14. The van der Waals surface area contributed by atoms with Crippen LogP contribution in [0, 0.1) is 13.8 Å². The average Bonchev–Trinajstić information content (AvgIpc) is 2.86. The van der Waals surface area contributed by atoms with Crippen molar-refractivity contribution in [2.75, 3.05) is 5.32 Å². The minimum atomic E-state index is -0.341. The van der Waals surface area contributed by atoms with Gasteiger partial charge in [0.05, 0.1) is 6.26 Å². The normalized spacial score (nSPS) is 11.4. The van der Waals surface area contributed by atoms with Crippen molar-refractivity contribution in [2.45, 2.75) is 13.8 Å². The number of benzene rings is 1. The van der Waals surface area contributed by atoms with Gasteiger partial charge in [-0.1, -0.05) is 17.3 Å². The number of nitrogens with two attached hydrogens (primary N) is 1. The number of furan rings is 1. The van der Waals surface area contributed by atoms with Crippen LogP contribution in [0.15, 0.2) is 40.1 Å². The molecule has 0 unspecified atom stereocenters. The van der Waals surface area contributed by atoms with Crippen LogP contribution in [0.3, 0.4) is 0 Å². The number of carbonyl (C=O) groups is 1. The fourth-order valence-corrected chi connectivity index (χ4v) is 1.76. The first-order chi connectivity index (χ1) is 9.52. The lowest BCUT2D eigenvalue weighted by Crippen LogP contribution is -2.16. The van der Waals surface area contributed by atoms with Gasteiger partial charge in [0.25, 0.3) is 5.91 Å². The Morgan fingerprint density at radius 3 is 2.65 bits per heavy atom. The third kappa shape index (κ3) is 2.64. The number of carbonyl (C=O) groups excluding carboxylic acids is 1. The molecule has 4 N–H and O–H groups in total. The van der Waals surface area contributed by atoms with Gasteiger partial charge in [-0.3, -0.25) is 4.79 Å². The zero-order valence-electron chi connectivity index (χ0n) is 11.2. The molecule has 0 aliphatic carbocycles. The Morgan fingerprint density at radius 2 is 2.05 bits per heavy atom. The Morgan fingerprint density at radius 1 is 1.30 bits per heavy atom. The van der Waals surface area contributed by atoms with Crippen molar-refractivity contribution in [3.05, 3.63) is 53.0 Å². The number of hydrogen-bond donors (Lipinski definition) is 3. The van der Waals surface area contributed by atoms with Gasteiger partial charge < -0.3 is 20.7 Å². The topological polar surface area (TPSA) is 101 Å². The molecule has 20 heavy (non-hydrogen) atoms. The molecule has 0 saturated carbocycles. The number of anilines is 1. The van der Waals surface area contributed by atoms with Crippen LogP contribution >= 0.6 is 0 Å². The van der Waals surface area contributed by atoms with Gasteiger partial charge in [-0.05, 0) is 31.5 Å². The second-order valence-corrected chi connectivity index (χ2v) is 4.40. The fraction of sp³-hybridized carbons (Fsp3) is 0.143. The molecule has 1 aromatic heterocycles. The summed E-state index contributed by atoms with van der Waals surface area (Å²) in [5, 5.41) is 14.4. The van der Waals surface area contributed by atoms with Gasteiger partial charge in [-0.25, -0.2) is 0 Å². The molecule has 6 heteroatoms. The molecule has 0 aliphatic rings. The number of rotatable bonds is 3. The molecular weight excluding hydrogens is 258 g/mol. The van der Waals surface area contributed by atoms with E-state index in [4.69, 9.17) is 15.4 Å². The summed E-state index contributed by atoms with van der Waals surface area (Å²) in [5.74, 6) is -0.0967. The van der Waals surface area contributed by atoms with Gasteiger partial charge in [-0.15, -0.1) is 0 Å². The van der Waals surface area contributed by atoms with Crippen LogP contribution in [0.5, 0.6) is 0 Å². The van der Waals surface area contributed by atoms with E-state index in [1.54, 1.807) is 31.2 Å².